The van der Waals surface area contributed by atoms with Crippen LogP contribution in [-0.2, 0) is 6.54 Å². The minimum Gasteiger partial charge on any atom is -0.502 e. The monoisotopic (exact) mass is 542 g/mol. The molecule has 2 amide bonds. The number of piperidine rings is 1. The molecule has 2 aromatic rings. The van der Waals surface area contributed by atoms with Crippen LogP contribution in [0.1, 0.15) is 45.7 Å². The van der Waals surface area contributed by atoms with Crippen molar-refractivity contribution in [2.45, 2.75) is 32.0 Å². The predicted octanol–water partition coefficient (Wildman–Crippen LogP) is 2.28. The van der Waals surface area contributed by atoms with E-state index in [-0.39, 0.29) is 24.0 Å². The molecule has 2 aliphatic rings. The number of halogens is 2. The van der Waals surface area contributed by atoms with Crippen LogP contribution < -0.4 is 15.8 Å². The Labute approximate surface area is 191 Å². The molecular formula is C20H20ClIN4O4. The highest BCUT2D eigenvalue weighted by Gasteiger charge is 2.39. The van der Waals surface area contributed by atoms with Crippen molar-refractivity contribution in [1.82, 2.24) is 14.9 Å². The maximum Gasteiger partial charge on any atom is 0.277 e. The summed E-state index contributed by atoms with van der Waals surface area (Å²) in [5.41, 5.74) is -0.375. The number of carbonyl (C=O) groups excluding carboxylic acids is 2. The molecule has 1 saturated heterocycles. The minimum absolute atomic E-state index is 0.110. The van der Waals surface area contributed by atoms with Crippen molar-refractivity contribution in [3.63, 3.8) is 0 Å². The van der Waals surface area contributed by atoms with E-state index in [4.69, 9.17) is 11.6 Å². The van der Waals surface area contributed by atoms with E-state index in [0.29, 0.717) is 11.6 Å². The van der Waals surface area contributed by atoms with Crippen molar-refractivity contribution < 1.29 is 14.7 Å². The zero-order valence-electron chi connectivity index (χ0n) is 16.2. The minimum atomic E-state index is -0.864. The van der Waals surface area contributed by atoms with Crippen LogP contribution in [0.25, 0.3) is 0 Å². The first-order valence-electron chi connectivity index (χ1n) is 9.55. The summed E-state index contributed by atoms with van der Waals surface area (Å²) in [5, 5.41) is 15.7. The third-order valence-electron chi connectivity index (χ3n) is 5.57. The summed E-state index contributed by atoms with van der Waals surface area (Å²) >= 11 is 8.21. The average Bonchev–Trinajstić information content (AvgIpc) is 2.74. The zero-order chi connectivity index (χ0) is 21.6. The SMILES string of the molecule is CN1C(=O)c2c(O)c(=O)c(C(=O)NCc3cccc(Cl)c3I)cn2N2CCCC[C@@H]12. The first-order chi connectivity index (χ1) is 14.3. The lowest BCUT2D eigenvalue weighted by molar-refractivity contribution is 0.0591. The van der Waals surface area contributed by atoms with Gasteiger partial charge in [-0.05, 0) is 53.5 Å². The first-order valence-corrected chi connectivity index (χ1v) is 11.0. The standard InChI is InChI=1S/C20H20ClIN4O4/c1-24-14-7-2-3-8-25(14)26-10-12(17(27)18(28)16(26)20(24)30)19(29)23-9-11-5-4-6-13(21)15(11)22/h4-6,10,14,28H,2-3,7-9H2,1H3,(H,23,29)/t14-/m0/s1. The van der Waals surface area contributed by atoms with Gasteiger partial charge in [0.25, 0.3) is 11.8 Å². The number of rotatable bonds is 3. The fourth-order valence-corrected chi connectivity index (χ4v) is 4.70. The topological polar surface area (TPSA) is 94.9 Å². The Morgan fingerprint density at radius 3 is 2.87 bits per heavy atom. The number of aromatic nitrogens is 1. The second-order valence-corrected chi connectivity index (χ2v) is 8.85. The van der Waals surface area contributed by atoms with E-state index in [1.54, 1.807) is 19.2 Å². The van der Waals surface area contributed by atoms with E-state index >= 15 is 0 Å². The van der Waals surface area contributed by atoms with Crippen molar-refractivity contribution in [2.24, 2.45) is 0 Å². The molecule has 1 aromatic carbocycles. The van der Waals surface area contributed by atoms with E-state index < -0.39 is 23.0 Å². The highest BCUT2D eigenvalue weighted by Crippen LogP contribution is 2.28. The zero-order valence-corrected chi connectivity index (χ0v) is 19.1. The Balaban J connectivity index is 1.69. The molecule has 4 rings (SSSR count). The normalized spacial score (nSPS) is 18.1. The van der Waals surface area contributed by atoms with Gasteiger partial charge in [-0.2, -0.15) is 0 Å². The lowest BCUT2D eigenvalue weighted by Crippen LogP contribution is -2.61. The summed E-state index contributed by atoms with van der Waals surface area (Å²) in [7, 11) is 1.66. The number of aromatic hydroxyl groups is 1. The summed E-state index contributed by atoms with van der Waals surface area (Å²) in [6.07, 6.45) is 3.86. The van der Waals surface area contributed by atoms with E-state index in [0.717, 1.165) is 28.4 Å². The summed E-state index contributed by atoms with van der Waals surface area (Å²) in [6, 6.07) is 5.37. The van der Waals surface area contributed by atoms with E-state index in [9.17, 15) is 19.5 Å². The summed E-state index contributed by atoms with van der Waals surface area (Å²) in [5.74, 6) is -1.77. The van der Waals surface area contributed by atoms with Gasteiger partial charge in [-0.15, -0.1) is 0 Å². The number of hydrogen-bond donors (Lipinski definition) is 2. The molecule has 0 unspecified atom stereocenters. The molecule has 8 nitrogen and oxygen atoms in total. The number of nitrogens with one attached hydrogen (secondary N) is 1. The number of hydrogen-bond acceptors (Lipinski definition) is 5. The Hall–Kier alpha value is -2.27. The van der Waals surface area contributed by atoms with Gasteiger partial charge in [0.2, 0.25) is 5.43 Å². The molecule has 0 saturated carbocycles. The number of carbonyl (C=O) groups is 2. The maximum absolute atomic E-state index is 12.8. The molecule has 30 heavy (non-hydrogen) atoms. The number of pyridine rings is 1. The number of amides is 2. The van der Waals surface area contributed by atoms with Gasteiger partial charge >= 0.3 is 0 Å². The van der Waals surface area contributed by atoms with Crippen LogP contribution in [0.5, 0.6) is 5.75 Å². The lowest BCUT2D eigenvalue weighted by atomic mass is 10.1. The van der Waals surface area contributed by atoms with Gasteiger partial charge in [0.05, 0.1) is 5.02 Å². The Morgan fingerprint density at radius 1 is 1.33 bits per heavy atom. The quantitative estimate of drug-likeness (QED) is 0.581. The first kappa shape index (κ1) is 21.0. The Morgan fingerprint density at radius 2 is 2.10 bits per heavy atom. The van der Waals surface area contributed by atoms with Gasteiger partial charge in [-0.3, -0.25) is 24.1 Å². The van der Waals surface area contributed by atoms with Crippen molar-refractivity contribution >= 4 is 46.0 Å². The number of fused-ring (bicyclic) bond motifs is 3. The molecule has 3 heterocycles. The summed E-state index contributed by atoms with van der Waals surface area (Å²) < 4.78 is 2.29. The van der Waals surface area contributed by atoms with Crippen molar-refractivity contribution in [1.29, 1.82) is 0 Å². The summed E-state index contributed by atoms with van der Waals surface area (Å²) in [6.45, 7) is 0.826. The molecule has 0 bridgehead atoms. The smallest absolute Gasteiger partial charge is 0.277 e. The largest absolute Gasteiger partial charge is 0.502 e. The third-order valence-corrected chi connectivity index (χ3v) is 7.48. The second kappa shape index (κ2) is 8.10. The number of nitrogens with zero attached hydrogens (tertiary/aromatic N) is 3. The van der Waals surface area contributed by atoms with E-state index in [1.807, 2.05) is 11.1 Å². The Bertz CT molecular complexity index is 1100. The Kier molecular flexibility index (Phi) is 5.67. The van der Waals surface area contributed by atoms with Gasteiger partial charge in [0.1, 0.15) is 11.7 Å². The molecule has 10 heteroatoms. The van der Waals surface area contributed by atoms with Crippen LogP contribution in [-0.4, -0.2) is 46.3 Å². The van der Waals surface area contributed by atoms with Gasteiger partial charge in [-0.25, -0.2) is 0 Å². The van der Waals surface area contributed by atoms with Crippen molar-refractivity contribution in [2.75, 3.05) is 18.6 Å². The van der Waals surface area contributed by atoms with Crippen LogP contribution in [0.3, 0.4) is 0 Å². The van der Waals surface area contributed by atoms with Crippen LogP contribution in [0, 0.1) is 3.57 Å². The molecule has 2 aliphatic heterocycles. The fourth-order valence-electron chi connectivity index (χ4n) is 3.95. The molecule has 0 aliphatic carbocycles. The van der Waals surface area contributed by atoms with Crippen molar-refractivity contribution in [3.05, 3.63) is 60.0 Å². The van der Waals surface area contributed by atoms with E-state index in [1.165, 1.54) is 15.8 Å². The predicted molar refractivity (Wildman–Crippen MR) is 121 cm³/mol. The molecule has 1 atom stereocenters. The van der Waals surface area contributed by atoms with Gasteiger partial charge < -0.3 is 15.3 Å². The van der Waals surface area contributed by atoms with Gasteiger partial charge in [0, 0.05) is 29.9 Å². The maximum atomic E-state index is 12.8. The molecule has 2 N–H and O–H groups in total. The summed E-state index contributed by atoms with van der Waals surface area (Å²) in [4.78, 5) is 39.8. The fraction of sp³-hybridized carbons (Fsp3) is 0.350. The highest BCUT2D eigenvalue weighted by molar-refractivity contribution is 14.1. The van der Waals surface area contributed by atoms with Crippen LogP contribution in [0.4, 0.5) is 0 Å². The molecule has 158 valence electrons. The van der Waals surface area contributed by atoms with E-state index in [2.05, 4.69) is 27.9 Å². The van der Waals surface area contributed by atoms with Crippen LogP contribution >= 0.6 is 34.2 Å². The van der Waals surface area contributed by atoms with Crippen LogP contribution in [0.15, 0.2) is 29.2 Å². The number of benzene rings is 1. The van der Waals surface area contributed by atoms with Gasteiger partial charge in [0.15, 0.2) is 11.4 Å². The van der Waals surface area contributed by atoms with Crippen molar-refractivity contribution in [3.8, 4) is 5.75 Å². The van der Waals surface area contributed by atoms with Crippen LogP contribution in [0.2, 0.25) is 5.02 Å². The molecule has 1 aromatic heterocycles. The average molecular weight is 543 g/mol. The molecule has 0 spiro atoms. The molecule has 1 fully saturated rings. The highest BCUT2D eigenvalue weighted by atomic mass is 127. The lowest BCUT2D eigenvalue weighted by Gasteiger charge is -2.47. The molecule has 0 radical (unpaired) electrons. The van der Waals surface area contributed by atoms with Gasteiger partial charge in [-0.1, -0.05) is 23.7 Å². The second-order valence-electron chi connectivity index (χ2n) is 7.36. The molecular weight excluding hydrogens is 523 g/mol. The third kappa shape index (κ3) is 3.43.